The van der Waals surface area contributed by atoms with Gasteiger partial charge in [-0.05, 0) is 62.9 Å². The topological polar surface area (TPSA) is 93.2 Å². The van der Waals surface area contributed by atoms with E-state index in [2.05, 4.69) is 49.4 Å². The molecule has 2 N–H and O–H groups in total. The summed E-state index contributed by atoms with van der Waals surface area (Å²) >= 11 is 0. The van der Waals surface area contributed by atoms with Gasteiger partial charge >= 0.3 is 0 Å². The van der Waals surface area contributed by atoms with Gasteiger partial charge < -0.3 is 24.7 Å². The number of nitrogens with zero attached hydrogens (tertiary/aromatic N) is 3. The number of ether oxygens (including phenoxy) is 4. The second kappa shape index (κ2) is 9.19. The number of methoxy groups -OCH3 is 1. The number of piperazine rings is 1. The van der Waals surface area contributed by atoms with Crippen molar-refractivity contribution in [2.75, 3.05) is 34.1 Å². The van der Waals surface area contributed by atoms with E-state index in [9.17, 15) is 5.26 Å². The van der Waals surface area contributed by atoms with Gasteiger partial charge in [0.1, 0.15) is 24.1 Å². The molecule has 1 saturated heterocycles. The van der Waals surface area contributed by atoms with E-state index in [0.29, 0.717) is 25.3 Å². The molecule has 2 aromatic rings. The minimum atomic E-state index is -0.323. The van der Waals surface area contributed by atoms with Crippen LogP contribution in [-0.2, 0) is 12.8 Å². The normalized spacial score (nSPS) is 27.1. The highest BCUT2D eigenvalue weighted by Gasteiger charge is 2.56. The first kappa shape index (κ1) is 25.1. The van der Waals surface area contributed by atoms with Gasteiger partial charge in [-0.15, -0.1) is 0 Å². The third-order valence-corrected chi connectivity index (χ3v) is 9.11. The van der Waals surface area contributed by atoms with Crippen LogP contribution in [0.2, 0.25) is 0 Å². The fraction of sp³-hybridized carbons (Fsp3) is 0.500. The van der Waals surface area contributed by atoms with Gasteiger partial charge in [-0.25, -0.2) is 0 Å². The van der Waals surface area contributed by atoms with E-state index in [0.717, 1.165) is 45.9 Å². The van der Waals surface area contributed by atoms with Gasteiger partial charge in [-0.1, -0.05) is 18.7 Å². The predicted octanol–water partition coefficient (Wildman–Crippen LogP) is 3.64. The Morgan fingerprint density at radius 1 is 1.13 bits per heavy atom. The molecule has 2 bridgehead atoms. The molecule has 200 valence electrons. The number of benzene rings is 2. The highest BCUT2D eigenvalue weighted by atomic mass is 16.7. The van der Waals surface area contributed by atoms with E-state index in [4.69, 9.17) is 24.7 Å². The van der Waals surface area contributed by atoms with Gasteiger partial charge in [0.25, 0.3) is 0 Å². The number of rotatable bonds is 5. The maximum atomic E-state index is 10.6. The molecule has 38 heavy (non-hydrogen) atoms. The maximum Gasteiger partial charge on any atom is 0.231 e. The number of aryl methyl sites for hydroxylation is 1. The number of hydrogen-bond donors (Lipinski definition) is 1. The minimum Gasteiger partial charge on any atom is -0.496 e. The lowest BCUT2D eigenvalue weighted by atomic mass is 9.71. The summed E-state index contributed by atoms with van der Waals surface area (Å²) in [5.74, 6) is 3.20. The van der Waals surface area contributed by atoms with Crippen LogP contribution in [0.15, 0.2) is 18.7 Å². The van der Waals surface area contributed by atoms with Crippen molar-refractivity contribution in [2.45, 2.75) is 63.8 Å². The van der Waals surface area contributed by atoms with Crippen LogP contribution in [0.3, 0.4) is 0 Å². The highest BCUT2D eigenvalue weighted by molar-refractivity contribution is 5.66. The molecule has 0 aromatic heterocycles. The Morgan fingerprint density at radius 2 is 1.89 bits per heavy atom. The van der Waals surface area contributed by atoms with E-state index < -0.39 is 0 Å². The van der Waals surface area contributed by atoms with Gasteiger partial charge in [0.15, 0.2) is 11.5 Å². The van der Waals surface area contributed by atoms with Crippen molar-refractivity contribution < 1.29 is 18.9 Å². The number of likely N-dealkylation sites (N-methyl/N-ethyl adjacent to an activating group) is 1. The van der Waals surface area contributed by atoms with Crippen molar-refractivity contribution >= 4 is 0 Å². The van der Waals surface area contributed by atoms with E-state index in [1.165, 1.54) is 16.7 Å². The predicted molar refractivity (Wildman–Crippen MR) is 144 cm³/mol. The monoisotopic (exact) mass is 516 g/mol. The van der Waals surface area contributed by atoms with Crippen LogP contribution in [0.4, 0.5) is 0 Å². The highest BCUT2D eigenvalue weighted by Crippen LogP contribution is 2.57. The smallest absolute Gasteiger partial charge is 0.231 e. The molecule has 0 amide bonds. The van der Waals surface area contributed by atoms with Crippen molar-refractivity contribution in [3.63, 3.8) is 0 Å². The number of nitrogens with two attached hydrogens (primary N) is 1. The summed E-state index contributed by atoms with van der Waals surface area (Å²) in [4.78, 5) is 4.79. The third kappa shape index (κ3) is 3.25. The van der Waals surface area contributed by atoms with Crippen molar-refractivity contribution in [3.05, 3.63) is 57.7 Å². The van der Waals surface area contributed by atoms with Gasteiger partial charge in [-0.2, -0.15) is 5.26 Å². The zero-order chi connectivity index (χ0) is 26.9. The zero-order valence-electron chi connectivity index (χ0n) is 22.8. The third-order valence-electron chi connectivity index (χ3n) is 9.11. The molecule has 1 fully saturated rings. The Hall–Kier alpha value is -3.25. The molecule has 8 heteroatoms. The van der Waals surface area contributed by atoms with Gasteiger partial charge in [0, 0.05) is 35.3 Å². The van der Waals surface area contributed by atoms with E-state index in [-0.39, 0.29) is 37.0 Å². The van der Waals surface area contributed by atoms with Crippen molar-refractivity contribution in [2.24, 2.45) is 5.73 Å². The Balaban J connectivity index is 1.60. The van der Waals surface area contributed by atoms with Gasteiger partial charge in [0.2, 0.25) is 6.79 Å². The van der Waals surface area contributed by atoms with Gasteiger partial charge in [-0.3, -0.25) is 9.80 Å². The molecule has 0 spiro atoms. The summed E-state index contributed by atoms with van der Waals surface area (Å²) in [5.41, 5.74) is 14.5. The van der Waals surface area contributed by atoms with E-state index >= 15 is 0 Å². The molecule has 0 aliphatic carbocycles. The summed E-state index contributed by atoms with van der Waals surface area (Å²) in [6.07, 6.45) is 3.26. The second-order valence-electron chi connectivity index (χ2n) is 10.9. The summed E-state index contributed by atoms with van der Waals surface area (Å²) in [6, 6.07) is 4.54. The quantitative estimate of drug-likeness (QED) is 0.602. The first-order valence-corrected chi connectivity index (χ1v) is 13.3. The SMILES string of the molecule is C=CCOc1c(C)c2c(c3c1CC1C4c5c(cc(C)c(OC)c5C)C[C@@H]([C@H](C#N)N1[C@H]3CN)N4C)OCO2. The fourth-order valence-corrected chi connectivity index (χ4v) is 7.73. The molecule has 5 atom stereocenters. The molecule has 8 nitrogen and oxygen atoms in total. The van der Waals surface area contributed by atoms with E-state index in [1.54, 1.807) is 13.2 Å². The van der Waals surface area contributed by atoms with Crippen LogP contribution in [0.5, 0.6) is 23.0 Å². The fourth-order valence-electron chi connectivity index (χ4n) is 7.73. The maximum absolute atomic E-state index is 10.6. The minimum absolute atomic E-state index is 0.0120. The Kier molecular flexibility index (Phi) is 6.06. The molecule has 6 rings (SSSR count). The molecule has 2 aromatic carbocycles. The van der Waals surface area contributed by atoms with Crippen molar-refractivity contribution in [1.29, 1.82) is 5.26 Å². The van der Waals surface area contributed by atoms with Crippen molar-refractivity contribution in [3.8, 4) is 29.1 Å². The Bertz CT molecular complexity index is 1370. The largest absolute Gasteiger partial charge is 0.496 e. The van der Waals surface area contributed by atoms with Crippen LogP contribution in [-0.4, -0.2) is 62.0 Å². The number of fused-ring (bicyclic) bond motifs is 9. The first-order valence-electron chi connectivity index (χ1n) is 13.3. The standard InChI is InChI=1S/C30H36N4O4/c1-7-8-36-28-17(4)29-30(38-14-37-29)25-19(28)11-21-26-24-16(3)27(35-6)15(2)9-18(24)10-20(33(26)5)22(12-31)34(21)23(25)13-32/h7,9,20-23,26H,1,8,10-11,13-14,32H2,2-6H3/t20-,21?,22-,23-,26?/m0/s1. The summed E-state index contributed by atoms with van der Waals surface area (Å²) in [6.45, 7) is 11.0. The zero-order valence-corrected chi connectivity index (χ0v) is 22.8. The molecule has 0 saturated carbocycles. The number of hydrogen-bond acceptors (Lipinski definition) is 8. The van der Waals surface area contributed by atoms with Crippen molar-refractivity contribution in [1.82, 2.24) is 9.80 Å². The Labute approximate surface area is 224 Å². The molecule has 2 unspecified atom stereocenters. The number of nitriles is 1. The molecular weight excluding hydrogens is 480 g/mol. The summed E-state index contributed by atoms with van der Waals surface area (Å²) in [5, 5.41) is 10.6. The molecule has 4 heterocycles. The van der Waals surface area contributed by atoms with E-state index in [1.807, 2.05) is 6.92 Å². The summed E-state index contributed by atoms with van der Waals surface area (Å²) < 4.78 is 24.1. The van der Waals surface area contributed by atoms with Crippen LogP contribution in [0.25, 0.3) is 0 Å². The lowest BCUT2D eigenvalue weighted by Crippen LogP contribution is -2.68. The summed E-state index contributed by atoms with van der Waals surface area (Å²) in [7, 11) is 3.91. The average Bonchev–Trinajstić information content (AvgIpc) is 3.39. The lowest BCUT2D eigenvalue weighted by molar-refractivity contribution is -0.0706. The van der Waals surface area contributed by atoms with Crippen LogP contribution in [0, 0.1) is 32.1 Å². The lowest BCUT2D eigenvalue weighted by Gasteiger charge is -2.60. The first-order chi connectivity index (χ1) is 18.4. The van der Waals surface area contributed by atoms with Gasteiger partial charge in [0.05, 0.1) is 25.3 Å². The van der Waals surface area contributed by atoms with Crippen LogP contribution in [0.1, 0.15) is 51.0 Å². The molecule has 4 aliphatic rings. The molecular formula is C30H36N4O4. The second-order valence-corrected chi connectivity index (χ2v) is 10.9. The molecule has 4 aliphatic heterocycles. The van der Waals surface area contributed by atoms with Crippen LogP contribution < -0.4 is 24.7 Å². The molecule has 0 radical (unpaired) electrons. The Morgan fingerprint density at radius 3 is 2.58 bits per heavy atom. The average molecular weight is 517 g/mol. The van der Waals surface area contributed by atoms with Crippen LogP contribution >= 0.6 is 0 Å².